The molecular formula is C20H24N4O3. The van der Waals surface area contributed by atoms with E-state index in [1.54, 1.807) is 18.6 Å². The van der Waals surface area contributed by atoms with Crippen molar-refractivity contribution in [2.75, 3.05) is 13.2 Å². The van der Waals surface area contributed by atoms with Crippen molar-refractivity contribution < 1.29 is 14.3 Å². The van der Waals surface area contributed by atoms with E-state index in [1.165, 1.54) is 6.33 Å². The van der Waals surface area contributed by atoms with Gasteiger partial charge in [-0.25, -0.2) is 9.97 Å². The van der Waals surface area contributed by atoms with Crippen molar-refractivity contribution in [3.8, 4) is 0 Å². The number of aromatic nitrogens is 3. The second kappa shape index (κ2) is 8.54. The highest BCUT2D eigenvalue weighted by molar-refractivity contribution is 5.77. The molecule has 3 heterocycles. The van der Waals surface area contributed by atoms with Crippen LogP contribution in [0.5, 0.6) is 0 Å². The molecule has 1 aliphatic heterocycles. The molecule has 1 amide bonds. The van der Waals surface area contributed by atoms with Crippen molar-refractivity contribution in [1.29, 1.82) is 0 Å². The highest BCUT2D eigenvalue weighted by atomic mass is 16.5. The lowest BCUT2D eigenvalue weighted by molar-refractivity contribution is -0.152. The Balaban J connectivity index is 1.32. The SMILES string of the molecule is O=C(CCc1cncnc1)N1CCO[C@H]2[C@@H](OCc3ccccn3)CC[C@@H]21. The van der Waals surface area contributed by atoms with Crippen LogP contribution in [-0.4, -0.2) is 57.2 Å². The molecule has 1 aliphatic carbocycles. The van der Waals surface area contributed by atoms with Gasteiger partial charge < -0.3 is 14.4 Å². The minimum Gasteiger partial charge on any atom is -0.372 e. The van der Waals surface area contributed by atoms with Crippen LogP contribution in [-0.2, 0) is 27.3 Å². The zero-order valence-electron chi connectivity index (χ0n) is 15.2. The molecule has 7 heteroatoms. The summed E-state index contributed by atoms with van der Waals surface area (Å²) in [5.41, 5.74) is 1.90. The van der Waals surface area contributed by atoms with E-state index in [-0.39, 0.29) is 24.2 Å². The summed E-state index contributed by atoms with van der Waals surface area (Å²) < 4.78 is 12.1. The van der Waals surface area contributed by atoms with E-state index in [1.807, 2.05) is 23.1 Å². The van der Waals surface area contributed by atoms with Crippen LogP contribution in [0, 0.1) is 0 Å². The van der Waals surface area contributed by atoms with Crippen molar-refractivity contribution in [2.24, 2.45) is 0 Å². The molecule has 142 valence electrons. The number of aryl methyl sites for hydroxylation is 1. The Morgan fingerprint density at radius 3 is 2.96 bits per heavy atom. The topological polar surface area (TPSA) is 77.4 Å². The number of nitrogens with zero attached hydrogens (tertiary/aromatic N) is 4. The number of amides is 1. The molecule has 3 atom stereocenters. The van der Waals surface area contributed by atoms with Gasteiger partial charge in [0.15, 0.2) is 0 Å². The molecule has 2 aromatic heterocycles. The maximum Gasteiger partial charge on any atom is 0.223 e. The summed E-state index contributed by atoms with van der Waals surface area (Å²) >= 11 is 0. The van der Waals surface area contributed by atoms with Crippen LogP contribution in [0.1, 0.15) is 30.5 Å². The molecule has 0 spiro atoms. The minimum absolute atomic E-state index is 0.00938. The number of carbonyl (C=O) groups is 1. The molecule has 4 rings (SSSR count). The third-order valence-electron chi connectivity index (χ3n) is 5.27. The Morgan fingerprint density at radius 2 is 2.15 bits per heavy atom. The first-order valence-electron chi connectivity index (χ1n) is 9.48. The first kappa shape index (κ1) is 18.0. The molecular weight excluding hydrogens is 344 g/mol. The number of rotatable bonds is 6. The lowest BCUT2D eigenvalue weighted by atomic mass is 10.1. The van der Waals surface area contributed by atoms with Gasteiger partial charge in [-0.2, -0.15) is 0 Å². The molecule has 0 bridgehead atoms. The fourth-order valence-corrected chi connectivity index (χ4v) is 3.93. The summed E-state index contributed by atoms with van der Waals surface area (Å²) in [6, 6.07) is 5.91. The molecule has 7 nitrogen and oxygen atoms in total. The Kier molecular flexibility index (Phi) is 5.69. The van der Waals surface area contributed by atoms with Gasteiger partial charge in [-0.3, -0.25) is 9.78 Å². The normalized spacial score (nSPS) is 24.6. The van der Waals surface area contributed by atoms with Gasteiger partial charge in [0, 0.05) is 31.6 Å². The molecule has 0 radical (unpaired) electrons. The quantitative estimate of drug-likeness (QED) is 0.773. The van der Waals surface area contributed by atoms with Crippen molar-refractivity contribution in [1.82, 2.24) is 19.9 Å². The van der Waals surface area contributed by atoms with Crippen LogP contribution in [0.15, 0.2) is 43.1 Å². The van der Waals surface area contributed by atoms with Crippen LogP contribution >= 0.6 is 0 Å². The van der Waals surface area contributed by atoms with Gasteiger partial charge in [0.1, 0.15) is 12.4 Å². The second-order valence-corrected chi connectivity index (χ2v) is 6.98. The number of carbonyl (C=O) groups excluding carboxylic acids is 1. The molecule has 2 fully saturated rings. The van der Waals surface area contributed by atoms with E-state index in [4.69, 9.17) is 9.47 Å². The van der Waals surface area contributed by atoms with Crippen molar-refractivity contribution in [3.05, 3.63) is 54.4 Å². The summed E-state index contributed by atoms with van der Waals surface area (Å²) in [6.07, 6.45) is 9.70. The van der Waals surface area contributed by atoms with E-state index in [9.17, 15) is 4.79 Å². The Labute approximate surface area is 158 Å². The van der Waals surface area contributed by atoms with E-state index < -0.39 is 0 Å². The fraction of sp³-hybridized carbons (Fsp3) is 0.500. The van der Waals surface area contributed by atoms with Crippen LogP contribution in [0.25, 0.3) is 0 Å². The zero-order valence-corrected chi connectivity index (χ0v) is 15.2. The van der Waals surface area contributed by atoms with E-state index in [0.29, 0.717) is 32.6 Å². The zero-order chi connectivity index (χ0) is 18.5. The number of morpholine rings is 1. The average molecular weight is 368 g/mol. The average Bonchev–Trinajstić information content (AvgIpc) is 3.15. The van der Waals surface area contributed by atoms with Gasteiger partial charge in [-0.05, 0) is 37.0 Å². The summed E-state index contributed by atoms with van der Waals surface area (Å²) in [4.78, 5) is 27.1. The van der Waals surface area contributed by atoms with Crippen molar-refractivity contribution in [2.45, 2.75) is 50.5 Å². The van der Waals surface area contributed by atoms with Gasteiger partial charge in [0.2, 0.25) is 5.91 Å². The highest BCUT2D eigenvalue weighted by Crippen LogP contribution is 2.33. The van der Waals surface area contributed by atoms with Gasteiger partial charge in [-0.15, -0.1) is 0 Å². The number of hydrogen-bond acceptors (Lipinski definition) is 6. The lowest BCUT2D eigenvalue weighted by Gasteiger charge is -2.39. The summed E-state index contributed by atoms with van der Waals surface area (Å²) in [6.45, 7) is 1.68. The number of pyridine rings is 1. The van der Waals surface area contributed by atoms with Crippen LogP contribution in [0.4, 0.5) is 0 Å². The standard InChI is InChI=1S/C20H24N4O3/c25-19(7-4-15-11-21-14-22-12-15)24-9-10-26-20-17(24)5-6-18(20)27-13-16-3-1-2-8-23-16/h1-3,8,11-12,14,17-18,20H,4-7,9-10,13H2/t17-,18-,20+/m0/s1. The molecule has 1 saturated heterocycles. The Bertz CT molecular complexity index is 743. The van der Waals surface area contributed by atoms with Crippen molar-refractivity contribution >= 4 is 5.91 Å². The molecule has 0 N–H and O–H groups in total. The van der Waals surface area contributed by atoms with Crippen LogP contribution < -0.4 is 0 Å². The summed E-state index contributed by atoms with van der Waals surface area (Å²) in [7, 11) is 0. The fourth-order valence-electron chi connectivity index (χ4n) is 3.93. The number of fused-ring (bicyclic) bond motifs is 1. The van der Waals surface area contributed by atoms with Gasteiger partial charge in [-0.1, -0.05) is 6.07 Å². The first-order valence-corrected chi connectivity index (χ1v) is 9.48. The number of ether oxygens (including phenoxy) is 2. The molecule has 2 aliphatic rings. The smallest absolute Gasteiger partial charge is 0.223 e. The summed E-state index contributed by atoms with van der Waals surface area (Å²) in [5.74, 6) is 0.169. The minimum atomic E-state index is -0.0496. The second-order valence-electron chi connectivity index (χ2n) is 6.98. The van der Waals surface area contributed by atoms with Gasteiger partial charge >= 0.3 is 0 Å². The lowest BCUT2D eigenvalue weighted by Crippen LogP contribution is -2.53. The monoisotopic (exact) mass is 368 g/mol. The van der Waals surface area contributed by atoms with Crippen LogP contribution in [0.2, 0.25) is 0 Å². The third-order valence-corrected chi connectivity index (χ3v) is 5.27. The summed E-state index contributed by atoms with van der Waals surface area (Å²) in [5, 5.41) is 0. The molecule has 0 aromatic carbocycles. The van der Waals surface area contributed by atoms with Crippen LogP contribution in [0.3, 0.4) is 0 Å². The highest BCUT2D eigenvalue weighted by Gasteiger charge is 2.44. The largest absolute Gasteiger partial charge is 0.372 e. The number of hydrogen-bond donors (Lipinski definition) is 0. The molecule has 2 aromatic rings. The van der Waals surface area contributed by atoms with Crippen molar-refractivity contribution in [3.63, 3.8) is 0 Å². The van der Waals surface area contributed by atoms with Gasteiger partial charge in [0.25, 0.3) is 0 Å². The maximum atomic E-state index is 12.8. The molecule has 0 unspecified atom stereocenters. The van der Waals surface area contributed by atoms with E-state index in [2.05, 4.69) is 15.0 Å². The molecule has 1 saturated carbocycles. The Hall–Kier alpha value is -2.38. The maximum absolute atomic E-state index is 12.8. The molecule has 27 heavy (non-hydrogen) atoms. The van der Waals surface area contributed by atoms with Gasteiger partial charge in [0.05, 0.1) is 31.1 Å². The predicted octanol–water partition coefficient (Wildman–Crippen LogP) is 1.78. The third kappa shape index (κ3) is 4.31. The van der Waals surface area contributed by atoms with E-state index in [0.717, 1.165) is 24.1 Å². The first-order chi connectivity index (χ1) is 13.3. The van der Waals surface area contributed by atoms with E-state index >= 15 is 0 Å². The Morgan fingerprint density at radius 1 is 1.26 bits per heavy atom. The predicted molar refractivity (Wildman–Crippen MR) is 97.6 cm³/mol.